The van der Waals surface area contributed by atoms with Crippen LogP contribution in [0.1, 0.15) is 15.2 Å². The normalized spacial score (nSPS) is 11.1. The second-order valence-corrected chi connectivity index (χ2v) is 8.36. The molecule has 0 aliphatic carbocycles. The molecule has 0 saturated carbocycles. The fourth-order valence-electron chi connectivity index (χ4n) is 2.97. The fraction of sp³-hybridized carbons (Fsp3) is 0.200. The van der Waals surface area contributed by atoms with Crippen molar-refractivity contribution in [3.8, 4) is 5.75 Å². The molecular weight excluding hydrogens is 378 g/mol. The Morgan fingerprint density at radius 3 is 2.74 bits per heavy atom. The van der Waals surface area contributed by atoms with Crippen LogP contribution in [0.25, 0.3) is 20.3 Å². The van der Waals surface area contributed by atoms with E-state index in [9.17, 15) is 4.79 Å². The number of carbonyl (C=O) groups is 1. The molecule has 7 heteroatoms. The smallest absolute Gasteiger partial charge is 0.261 e. The van der Waals surface area contributed by atoms with E-state index in [2.05, 4.69) is 16.4 Å². The van der Waals surface area contributed by atoms with Crippen molar-refractivity contribution in [1.29, 1.82) is 0 Å². The molecule has 2 aromatic heterocycles. The summed E-state index contributed by atoms with van der Waals surface area (Å²) < 4.78 is 6.54. The summed E-state index contributed by atoms with van der Waals surface area (Å²) in [4.78, 5) is 20.8. The number of hydrogen-bond donors (Lipinski definition) is 1. The number of methoxy groups -OCH3 is 1. The lowest BCUT2D eigenvalue weighted by atomic mass is 10.0. The van der Waals surface area contributed by atoms with Crippen molar-refractivity contribution in [2.45, 2.75) is 6.54 Å². The summed E-state index contributed by atoms with van der Waals surface area (Å²) in [5.41, 5.74) is 0.982. The third kappa shape index (κ3) is 3.36. The number of thiazole rings is 1. The molecule has 0 aliphatic rings. The highest BCUT2D eigenvalue weighted by Crippen LogP contribution is 2.34. The van der Waals surface area contributed by atoms with Crippen molar-refractivity contribution in [2.24, 2.45) is 0 Å². The predicted octanol–water partition coefficient (Wildman–Crippen LogP) is 4.52. The van der Waals surface area contributed by atoms with Crippen molar-refractivity contribution in [2.75, 3.05) is 26.1 Å². The monoisotopic (exact) mass is 397 g/mol. The highest BCUT2D eigenvalue weighted by molar-refractivity contribution is 7.29. The van der Waals surface area contributed by atoms with Crippen molar-refractivity contribution in [3.63, 3.8) is 0 Å². The summed E-state index contributed by atoms with van der Waals surface area (Å²) in [6.07, 6.45) is 0. The van der Waals surface area contributed by atoms with Crippen molar-refractivity contribution < 1.29 is 9.53 Å². The number of aromatic nitrogens is 1. The average molecular weight is 398 g/mol. The standard InChI is InChI=1S/C20H19N3O2S2/c1-23(2)20-22-19-17(27-20)10-16(26-19)18(24)21-11-14-13-7-5-4-6-12(13)8-9-15(14)25-3/h4-10H,11H2,1-3H3,(H,21,24). The summed E-state index contributed by atoms with van der Waals surface area (Å²) in [5, 5.41) is 6.19. The number of fused-ring (bicyclic) bond motifs is 2. The Balaban J connectivity index is 1.57. The van der Waals surface area contributed by atoms with Gasteiger partial charge in [-0.05, 0) is 22.9 Å². The molecule has 0 unspecified atom stereocenters. The van der Waals surface area contributed by atoms with Crippen LogP contribution in [-0.2, 0) is 6.54 Å². The Hall–Kier alpha value is -2.64. The minimum absolute atomic E-state index is 0.0911. The Bertz CT molecular complexity index is 1100. The van der Waals surface area contributed by atoms with Crippen LogP contribution >= 0.6 is 22.7 Å². The first kappa shape index (κ1) is 17.8. The minimum Gasteiger partial charge on any atom is -0.496 e. The van der Waals surface area contributed by atoms with Gasteiger partial charge in [-0.3, -0.25) is 4.79 Å². The van der Waals surface area contributed by atoms with Crippen LogP contribution in [0.2, 0.25) is 0 Å². The number of nitrogens with zero attached hydrogens (tertiary/aromatic N) is 2. The zero-order chi connectivity index (χ0) is 19.0. The fourth-order valence-corrected chi connectivity index (χ4v) is 5.02. The molecule has 0 saturated heterocycles. The second kappa shape index (κ2) is 7.17. The first-order valence-electron chi connectivity index (χ1n) is 8.47. The van der Waals surface area contributed by atoms with Gasteiger partial charge in [0.05, 0.1) is 16.7 Å². The lowest BCUT2D eigenvalue weighted by Gasteiger charge is -2.12. The SMILES string of the molecule is COc1ccc2ccccc2c1CNC(=O)c1cc2sc(N(C)C)nc2s1. The molecule has 0 atom stereocenters. The summed E-state index contributed by atoms with van der Waals surface area (Å²) >= 11 is 3.01. The predicted molar refractivity (Wildman–Crippen MR) is 113 cm³/mol. The second-order valence-electron chi connectivity index (χ2n) is 6.32. The Morgan fingerprint density at radius 1 is 1.19 bits per heavy atom. The Labute approximate surface area is 165 Å². The molecule has 4 aromatic rings. The van der Waals surface area contributed by atoms with Gasteiger partial charge in [0, 0.05) is 26.2 Å². The minimum atomic E-state index is -0.0911. The highest BCUT2D eigenvalue weighted by atomic mass is 32.1. The van der Waals surface area contributed by atoms with E-state index in [1.807, 2.05) is 55.4 Å². The third-order valence-electron chi connectivity index (χ3n) is 4.33. The van der Waals surface area contributed by atoms with Gasteiger partial charge in [-0.15, -0.1) is 11.3 Å². The van der Waals surface area contributed by atoms with Gasteiger partial charge in [-0.2, -0.15) is 0 Å². The zero-order valence-corrected chi connectivity index (χ0v) is 16.9. The van der Waals surface area contributed by atoms with Crippen molar-refractivity contribution in [3.05, 3.63) is 52.9 Å². The maximum absolute atomic E-state index is 12.7. The molecule has 1 N–H and O–H groups in total. The third-order valence-corrected chi connectivity index (χ3v) is 6.65. The van der Waals surface area contributed by atoms with Gasteiger partial charge >= 0.3 is 0 Å². The van der Waals surface area contributed by atoms with E-state index in [1.54, 1.807) is 18.4 Å². The van der Waals surface area contributed by atoms with Gasteiger partial charge in [0.25, 0.3) is 5.91 Å². The number of amides is 1. The van der Waals surface area contributed by atoms with Gasteiger partial charge in [0.2, 0.25) is 0 Å². The number of carbonyl (C=O) groups excluding carboxylic acids is 1. The molecular formula is C20H19N3O2S2. The van der Waals surface area contributed by atoms with E-state index in [0.29, 0.717) is 11.4 Å². The average Bonchev–Trinajstić information content (AvgIpc) is 3.25. The zero-order valence-electron chi connectivity index (χ0n) is 15.3. The van der Waals surface area contributed by atoms with Crippen molar-refractivity contribution >= 4 is 54.0 Å². The molecule has 0 spiro atoms. The number of rotatable bonds is 5. The number of ether oxygens (including phenoxy) is 1. The van der Waals surface area contributed by atoms with Gasteiger partial charge in [0.1, 0.15) is 10.6 Å². The van der Waals surface area contributed by atoms with E-state index in [1.165, 1.54) is 11.3 Å². The van der Waals surface area contributed by atoms with E-state index in [0.717, 1.165) is 36.7 Å². The van der Waals surface area contributed by atoms with E-state index >= 15 is 0 Å². The molecule has 1 amide bonds. The topological polar surface area (TPSA) is 54.5 Å². The molecule has 2 aromatic carbocycles. The van der Waals surface area contributed by atoms with Gasteiger partial charge in [-0.25, -0.2) is 4.98 Å². The molecule has 5 nitrogen and oxygen atoms in total. The number of anilines is 1. The first-order chi connectivity index (χ1) is 13.1. The number of nitrogens with one attached hydrogen (secondary N) is 1. The molecule has 138 valence electrons. The lowest BCUT2D eigenvalue weighted by molar-refractivity contribution is 0.0955. The van der Waals surface area contributed by atoms with Crippen LogP contribution in [0.3, 0.4) is 0 Å². The molecule has 0 fully saturated rings. The van der Waals surface area contributed by atoms with Crippen molar-refractivity contribution in [1.82, 2.24) is 10.3 Å². The van der Waals surface area contributed by atoms with E-state index in [4.69, 9.17) is 4.74 Å². The van der Waals surface area contributed by atoms with Crippen LogP contribution in [0.5, 0.6) is 5.75 Å². The molecule has 0 bridgehead atoms. The maximum Gasteiger partial charge on any atom is 0.261 e. The summed E-state index contributed by atoms with van der Waals surface area (Å²) in [6.45, 7) is 0.408. The summed E-state index contributed by atoms with van der Waals surface area (Å²) in [6, 6.07) is 14.0. The molecule has 0 radical (unpaired) electrons. The molecule has 2 heterocycles. The Morgan fingerprint density at radius 2 is 2.00 bits per heavy atom. The summed E-state index contributed by atoms with van der Waals surface area (Å²) in [7, 11) is 5.58. The maximum atomic E-state index is 12.7. The first-order valence-corrected chi connectivity index (χ1v) is 10.1. The van der Waals surface area contributed by atoms with Gasteiger partial charge in [0.15, 0.2) is 5.13 Å². The van der Waals surface area contributed by atoms with Crippen LogP contribution in [0.15, 0.2) is 42.5 Å². The summed E-state index contributed by atoms with van der Waals surface area (Å²) in [5.74, 6) is 0.685. The van der Waals surface area contributed by atoms with Gasteiger partial charge < -0.3 is 15.0 Å². The molecule has 4 rings (SSSR count). The van der Waals surface area contributed by atoms with Crippen LogP contribution in [-0.4, -0.2) is 32.1 Å². The van der Waals surface area contributed by atoms with Crippen LogP contribution in [0, 0.1) is 0 Å². The number of thiophene rings is 1. The number of benzene rings is 2. The molecule has 27 heavy (non-hydrogen) atoms. The van der Waals surface area contributed by atoms with Crippen LogP contribution < -0.4 is 15.0 Å². The Kier molecular flexibility index (Phi) is 4.72. The highest BCUT2D eigenvalue weighted by Gasteiger charge is 2.16. The van der Waals surface area contributed by atoms with Crippen LogP contribution in [0.4, 0.5) is 5.13 Å². The quantitative estimate of drug-likeness (QED) is 0.538. The number of hydrogen-bond acceptors (Lipinski definition) is 6. The lowest BCUT2D eigenvalue weighted by Crippen LogP contribution is -2.22. The molecule has 0 aliphatic heterocycles. The van der Waals surface area contributed by atoms with E-state index in [-0.39, 0.29) is 5.91 Å². The van der Waals surface area contributed by atoms with Gasteiger partial charge in [-0.1, -0.05) is 41.7 Å². The van der Waals surface area contributed by atoms with E-state index < -0.39 is 0 Å². The largest absolute Gasteiger partial charge is 0.496 e.